The molecule has 2 atom stereocenters. The van der Waals surface area contributed by atoms with E-state index in [0.29, 0.717) is 5.92 Å². The highest BCUT2D eigenvalue weighted by atomic mass is 16.5. The van der Waals surface area contributed by atoms with Crippen LogP contribution in [-0.4, -0.2) is 23.2 Å². The van der Waals surface area contributed by atoms with E-state index < -0.39 is 0 Å². The molecule has 2 heterocycles. The highest BCUT2D eigenvalue weighted by molar-refractivity contribution is 5.20. The Kier molecular flexibility index (Phi) is 3.72. The summed E-state index contributed by atoms with van der Waals surface area (Å²) in [6, 6.07) is 4.53. The Morgan fingerprint density at radius 3 is 2.42 bits per heavy atom. The molecule has 106 valence electrons. The lowest BCUT2D eigenvalue weighted by atomic mass is 9.79. The number of rotatable bonds is 3. The van der Waals surface area contributed by atoms with Gasteiger partial charge in [0.05, 0.1) is 11.2 Å². The van der Waals surface area contributed by atoms with Crippen LogP contribution in [0.5, 0.6) is 0 Å². The van der Waals surface area contributed by atoms with Gasteiger partial charge in [0, 0.05) is 23.9 Å². The monoisotopic (exact) mass is 262 g/mol. The van der Waals surface area contributed by atoms with Crippen molar-refractivity contribution in [1.82, 2.24) is 10.3 Å². The highest BCUT2D eigenvalue weighted by Gasteiger charge is 2.49. The van der Waals surface area contributed by atoms with E-state index in [1.54, 1.807) is 0 Å². The normalized spacial score (nSPS) is 26.3. The first-order valence-corrected chi connectivity index (χ1v) is 7.05. The number of nitrogens with one attached hydrogen (secondary N) is 1. The van der Waals surface area contributed by atoms with Gasteiger partial charge < -0.3 is 10.1 Å². The van der Waals surface area contributed by atoms with Crippen molar-refractivity contribution in [3.63, 3.8) is 0 Å². The van der Waals surface area contributed by atoms with Crippen molar-refractivity contribution in [2.24, 2.45) is 5.92 Å². The molecule has 1 N–H and O–H groups in total. The van der Waals surface area contributed by atoms with Crippen molar-refractivity contribution in [2.75, 3.05) is 7.05 Å². The maximum atomic E-state index is 6.22. The van der Waals surface area contributed by atoms with Crippen LogP contribution in [0, 0.1) is 12.8 Å². The third kappa shape index (κ3) is 2.98. The smallest absolute Gasteiger partial charge is 0.0681 e. The van der Waals surface area contributed by atoms with E-state index in [0.717, 1.165) is 12.1 Å². The van der Waals surface area contributed by atoms with Gasteiger partial charge in [-0.1, -0.05) is 6.07 Å². The lowest BCUT2D eigenvalue weighted by Crippen LogP contribution is -2.37. The molecule has 19 heavy (non-hydrogen) atoms. The molecule has 0 radical (unpaired) electrons. The SMILES string of the molecule is CNC(c1ccc(C)nc1)C1CC(C)(C)OC1(C)C. The van der Waals surface area contributed by atoms with Crippen LogP contribution in [0.15, 0.2) is 18.3 Å². The van der Waals surface area contributed by atoms with Crippen molar-refractivity contribution >= 4 is 0 Å². The first-order valence-electron chi connectivity index (χ1n) is 7.05. The third-order valence-corrected chi connectivity index (χ3v) is 4.15. The van der Waals surface area contributed by atoms with E-state index >= 15 is 0 Å². The van der Waals surface area contributed by atoms with Crippen LogP contribution in [-0.2, 0) is 4.74 Å². The summed E-state index contributed by atoms with van der Waals surface area (Å²) < 4.78 is 6.22. The van der Waals surface area contributed by atoms with Gasteiger partial charge in [-0.25, -0.2) is 0 Å². The molecule has 2 unspecified atom stereocenters. The first kappa shape index (κ1) is 14.5. The summed E-state index contributed by atoms with van der Waals surface area (Å²) in [6.07, 6.45) is 3.04. The average Bonchev–Trinajstić information content (AvgIpc) is 2.51. The summed E-state index contributed by atoms with van der Waals surface area (Å²) in [5.74, 6) is 0.442. The Labute approximate surface area is 116 Å². The van der Waals surface area contributed by atoms with Crippen LogP contribution >= 0.6 is 0 Å². The van der Waals surface area contributed by atoms with Crippen LogP contribution in [0.25, 0.3) is 0 Å². The van der Waals surface area contributed by atoms with Crippen LogP contribution < -0.4 is 5.32 Å². The summed E-state index contributed by atoms with van der Waals surface area (Å²) in [5.41, 5.74) is 2.12. The zero-order chi connectivity index (χ0) is 14.3. The summed E-state index contributed by atoms with van der Waals surface area (Å²) in [6.45, 7) is 10.8. The molecule has 2 rings (SSSR count). The maximum Gasteiger partial charge on any atom is 0.0681 e. The maximum absolute atomic E-state index is 6.22. The number of nitrogens with zero attached hydrogens (tertiary/aromatic N) is 1. The van der Waals surface area contributed by atoms with Crippen molar-refractivity contribution < 1.29 is 4.74 Å². The van der Waals surface area contributed by atoms with Gasteiger partial charge in [-0.2, -0.15) is 0 Å². The molecule has 3 nitrogen and oxygen atoms in total. The third-order valence-electron chi connectivity index (χ3n) is 4.15. The Morgan fingerprint density at radius 1 is 1.32 bits per heavy atom. The lowest BCUT2D eigenvalue weighted by Gasteiger charge is -2.33. The number of hydrogen-bond donors (Lipinski definition) is 1. The second kappa shape index (κ2) is 4.88. The summed E-state index contributed by atoms with van der Waals surface area (Å²) in [7, 11) is 2.02. The number of aryl methyl sites for hydroxylation is 1. The molecular formula is C16H26N2O. The molecule has 0 saturated carbocycles. The van der Waals surface area contributed by atoms with Crippen molar-refractivity contribution in [3.05, 3.63) is 29.6 Å². The molecule has 0 spiro atoms. The molecule has 1 aliphatic rings. The molecule has 1 aromatic heterocycles. The lowest BCUT2D eigenvalue weighted by molar-refractivity contribution is -0.0776. The second-order valence-electron chi connectivity index (χ2n) is 6.78. The molecule has 1 saturated heterocycles. The standard InChI is InChI=1S/C16H26N2O/c1-11-7-8-12(10-18-11)14(17-6)13-9-15(2,3)19-16(13,4)5/h7-8,10,13-14,17H,9H2,1-6H3. The van der Waals surface area contributed by atoms with Crippen LogP contribution in [0.4, 0.5) is 0 Å². The minimum Gasteiger partial charge on any atom is -0.369 e. The molecule has 0 aliphatic carbocycles. The van der Waals surface area contributed by atoms with Crippen molar-refractivity contribution in [1.29, 1.82) is 0 Å². The van der Waals surface area contributed by atoms with Crippen molar-refractivity contribution in [2.45, 2.75) is 58.3 Å². The Hall–Kier alpha value is -0.930. The van der Waals surface area contributed by atoms with Crippen LogP contribution in [0.2, 0.25) is 0 Å². The predicted octanol–water partition coefficient (Wildman–Crippen LogP) is 3.24. The number of pyridine rings is 1. The average molecular weight is 262 g/mol. The molecule has 3 heteroatoms. The molecule has 1 fully saturated rings. The van der Waals surface area contributed by atoms with E-state index in [-0.39, 0.29) is 17.2 Å². The zero-order valence-corrected chi connectivity index (χ0v) is 12.9. The quantitative estimate of drug-likeness (QED) is 0.908. The molecular weight excluding hydrogens is 236 g/mol. The summed E-state index contributed by atoms with van der Waals surface area (Å²) in [5, 5.41) is 3.45. The molecule has 1 aromatic rings. The molecule has 0 bridgehead atoms. The summed E-state index contributed by atoms with van der Waals surface area (Å²) >= 11 is 0. The Balaban J connectivity index is 2.29. The number of hydrogen-bond acceptors (Lipinski definition) is 3. The largest absolute Gasteiger partial charge is 0.369 e. The predicted molar refractivity (Wildman–Crippen MR) is 78.1 cm³/mol. The van der Waals surface area contributed by atoms with Gasteiger partial charge in [-0.15, -0.1) is 0 Å². The van der Waals surface area contributed by atoms with Gasteiger partial charge in [0.2, 0.25) is 0 Å². The van der Waals surface area contributed by atoms with Gasteiger partial charge in [-0.05, 0) is 59.7 Å². The molecule has 1 aliphatic heterocycles. The van der Waals surface area contributed by atoms with Gasteiger partial charge >= 0.3 is 0 Å². The molecule has 0 amide bonds. The van der Waals surface area contributed by atoms with Crippen molar-refractivity contribution in [3.8, 4) is 0 Å². The number of aromatic nitrogens is 1. The van der Waals surface area contributed by atoms with Crippen LogP contribution in [0.1, 0.15) is 51.4 Å². The first-order chi connectivity index (χ1) is 8.75. The van der Waals surface area contributed by atoms with E-state index in [9.17, 15) is 0 Å². The van der Waals surface area contributed by atoms with Gasteiger partial charge in [-0.3, -0.25) is 4.98 Å². The summed E-state index contributed by atoms with van der Waals surface area (Å²) in [4.78, 5) is 4.42. The highest BCUT2D eigenvalue weighted by Crippen LogP contribution is 2.47. The van der Waals surface area contributed by atoms with Gasteiger partial charge in [0.1, 0.15) is 0 Å². The second-order valence-corrected chi connectivity index (χ2v) is 6.78. The van der Waals surface area contributed by atoms with E-state index in [2.05, 4.69) is 50.1 Å². The fourth-order valence-electron chi connectivity index (χ4n) is 3.39. The zero-order valence-electron chi connectivity index (χ0n) is 12.9. The fourth-order valence-corrected chi connectivity index (χ4v) is 3.39. The van der Waals surface area contributed by atoms with E-state index in [4.69, 9.17) is 4.74 Å². The van der Waals surface area contributed by atoms with Gasteiger partial charge in [0.15, 0.2) is 0 Å². The fraction of sp³-hybridized carbons (Fsp3) is 0.688. The molecule has 0 aromatic carbocycles. The van der Waals surface area contributed by atoms with E-state index in [1.807, 2.05) is 20.2 Å². The topological polar surface area (TPSA) is 34.2 Å². The van der Waals surface area contributed by atoms with Crippen LogP contribution in [0.3, 0.4) is 0 Å². The van der Waals surface area contributed by atoms with E-state index in [1.165, 1.54) is 5.56 Å². The number of ether oxygens (including phenoxy) is 1. The Bertz CT molecular complexity index is 437. The minimum absolute atomic E-state index is 0.0542. The van der Waals surface area contributed by atoms with Gasteiger partial charge in [0.25, 0.3) is 0 Å². The Morgan fingerprint density at radius 2 is 2.00 bits per heavy atom. The minimum atomic E-state index is -0.123.